The summed E-state index contributed by atoms with van der Waals surface area (Å²) in [6.07, 6.45) is 2.32. The molecule has 3 nitrogen and oxygen atoms in total. The predicted octanol–water partition coefficient (Wildman–Crippen LogP) is 3.18. The van der Waals surface area contributed by atoms with E-state index in [1.807, 2.05) is 25.1 Å². The maximum atomic E-state index is 5.98. The van der Waals surface area contributed by atoms with Gasteiger partial charge in [-0.25, -0.2) is 0 Å². The molecule has 0 amide bonds. The third-order valence-electron chi connectivity index (χ3n) is 3.11. The van der Waals surface area contributed by atoms with Gasteiger partial charge in [0.1, 0.15) is 0 Å². The minimum Gasteiger partial charge on any atom is -0.382 e. The minimum atomic E-state index is 0.809. The van der Waals surface area contributed by atoms with E-state index in [1.54, 1.807) is 0 Å². The molecule has 1 aromatic carbocycles. The van der Waals surface area contributed by atoms with Gasteiger partial charge in [-0.15, -0.1) is 0 Å². The second-order valence-electron chi connectivity index (χ2n) is 5.02. The van der Waals surface area contributed by atoms with E-state index >= 15 is 0 Å². The molecule has 0 aromatic heterocycles. The summed E-state index contributed by atoms with van der Waals surface area (Å²) in [4.78, 5) is 2.30. The van der Waals surface area contributed by atoms with Gasteiger partial charge in [0.2, 0.25) is 0 Å². The lowest BCUT2D eigenvalue weighted by Crippen LogP contribution is -2.29. The summed E-state index contributed by atoms with van der Waals surface area (Å²) in [5.41, 5.74) is 1.26. The van der Waals surface area contributed by atoms with Crippen molar-refractivity contribution in [2.45, 2.75) is 26.3 Å². The largest absolute Gasteiger partial charge is 0.382 e. The third kappa shape index (κ3) is 8.54. The van der Waals surface area contributed by atoms with Crippen LogP contribution >= 0.6 is 11.6 Å². The van der Waals surface area contributed by atoms with Crippen molar-refractivity contribution in [3.05, 3.63) is 34.9 Å². The van der Waals surface area contributed by atoms with Gasteiger partial charge in [-0.1, -0.05) is 23.7 Å². The Kier molecular flexibility index (Phi) is 9.67. The molecule has 1 aromatic rings. The Bertz CT molecular complexity index is 360. The molecule has 0 unspecified atom stereocenters. The summed E-state index contributed by atoms with van der Waals surface area (Å²) >= 11 is 5.98. The molecule has 0 radical (unpaired) electrons. The average molecular weight is 299 g/mol. The highest BCUT2D eigenvalue weighted by Gasteiger charge is 2.00. The Labute approximate surface area is 128 Å². The van der Waals surface area contributed by atoms with Gasteiger partial charge < -0.3 is 15.0 Å². The Morgan fingerprint density at radius 3 is 2.85 bits per heavy atom. The van der Waals surface area contributed by atoms with Crippen LogP contribution in [0.4, 0.5) is 0 Å². The molecule has 1 N–H and O–H groups in total. The smallest absolute Gasteiger partial charge is 0.0466 e. The van der Waals surface area contributed by atoms with Gasteiger partial charge in [0, 0.05) is 37.9 Å². The van der Waals surface area contributed by atoms with Gasteiger partial charge in [-0.05, 0) is 51.1 Å². The highest BCUT2D eigenvalue weighted by atomic mass is 35.5. The summed E-state index contributed by atoms with van der Waals surface area (Å²) in [7, 11) is 2.14. The second kappa shape index (κ2) is 11.1. The van der Waals surface area contributed by atoms with E-state index in [1.165, 1.54) is 12.0 Å². The number of nitrogens with zero attached hydrogens (tertiary/aromatic N) is 1. The molecule has 0 aliphatic carbocycles. The number of ether oxygens (including phenoxy) is 1. The van der Waals surface area contributed by atoms with Crippen molar-refractivity contribution in [1.82, 2.24) is 10.2 Å². The number of nitrogens with one attached hydrogen (secondary N) is 1. The summed E-state index contributed by atoms with van der Waals surface area (Å²) in [5.74, 6) is 0. The van der Waals surface area contributed by atoms with Crippen LogP contribution in [-0.2, 0) is 11.3 Å². The van der Waals surface area contributed by atoms with Crippen LogP contribution in [0.25, 0.3) is 0 Å². The zero-order chi connectivity index (χ0) is 14.6. The fraction of sp³-hybridized carbons (Fsp3) is 0.625. The van der Waals surface area contributed by atoms with Crippen LogP contribution in [0.15, 0.2) is 24.3 Å². The molecule has 0 heterocycles. The lowest BCUT2D eigenvalue weighted by atomic mass is 10.2. The quantitative estimate of drug-likeness (QED) is 0.635. The zero-order valence-electron chi connectivity index (χ0n) is 12.7. The number of rotatable bonds is 11. The average Bonchev–Trinajstić information content (AvgIpc) is 2.42. The number of halogens is 1. The molecule has 0 spiro atoms. The number of likely N-dealkylation sites (N-methyl/N-ethyl adjacent to an activating group) is 1. The van der Waals surface area contributed by atoms with Crippen molar-refractivity contribution in [3.63, 3.8) is 0 Å². The van der Waals surface area contributed by atoms with Crippen LogP contribution in [-0.4, -0.2) is 44.8 Å². The topological polar surface area (TPSA) is 24.5 Å². The molecule has 0 saturated carbocycles. The molecule has 0 fully saturated rings. The highest BCUT2D eigenvalue weighted by molar-refractivity contribution is 6.30. The number of unbranched alkanes of at least 4 members (excludes halogenated alkanes) is 1. The van der Waals surface area contributed by atoms with Crippen LogP contribution in [0.5, 0.6) is 0 Å². The Morgan fingerprint density at radius 1 is 1.25 bits per heavy atom. The second-order valence-corrected chi connectivity index (χ2v) is 5.46. The Balaban J connectivity index is 2.01. The minimum absolute atomic E-state index is 0.809. The van der Waals surface area contributed by atoms with E-state index in [0.717, 1.165) is 50.8 Å². The fourth-order valence-electron chi connectivity index (χ4n) is 2.02. The van der Waals surface area contributed by atoms with Gasteiger partial charge in [-0.2, -0.15) is 0 Å². The number of hydrogen-bond donors (Lipinski definition) is 1. The first-order chi connectivity index (χ1) is 9.72. The maximum absolute atomic E-state index is 5.98. The molecule has 20 heavy (non-hydrogen) atoms. The van der Waals surface area contributed by atoms with Crippen LogP contribution in [0.2, 0.25) is 5.02 Å². The van der Waals surface area contributed by atoms with E-state index < -0.39 is 0 Å². The van der Waals surface area contributed by atoms with Crippen LogP contribution in [0.1, 0.15) is 25.3 Å². The van der Waals surface area contributed by atoms with Crippen molar-refractivity contribution in [1.29, 1.82) is 0 Å². The van der Waals surface area contributed by atoms with Crippen molar-refractivity contribution in [2.24, 2.45) is 0 Å². The fourth-order valence-corrected chi connectivity index (χ4v) is 2.23. The molecule has 1 rings (SSSR count). The molecule has 114 valence electrons. The van der Waals surface area contributed by atoms with Crippen LogP contribution in [0, 0.1) is 0 Å². The summed E-state index contributed by atoms with van der Waals surface area (Å²) in [6, 6.07) is 8.06. The molecule has 0 saturated heterocycles. The summed E-state index contributed by atoms with van der Waals surface area (Å²) < 4.78 is 5.31. The molecule has 0 aliphatic heterocycles. The Hall–Kier alpha value is -0.610. The van der Waals surface area contributed by atoms with Gasteiger partial charge in [0.05, 0.1) is 0 Å². The lowest BCUT2D eigenvalue weighted by Gasteiger charge is -2.17. The third-order valence-corrected chi connectivity index (χ3v) is 3.34. The maximum Gasteiger partial charge on any atom is 0.0466 e. The first kappa shape index (κ1) is 17.4. The van der Waals surface area contributed by atoms with Crippen LogP contribution in [0.3, 0.4) is 0 Å². The van der Waals surface area contributed by atoms with Gasteiger partial charge in [0.25, 0.3) is 0 Å². The van der Waals surface area contributed by atoms with Gasteiger partial charge in [-0.3, -0.25) is 0 Å². The van der Waals surface area contributed by atoms with Gasteiger partial charge >= 0.3 is 0 Å². The summed E-state index contributed by atoms with van der Waals surface area (Å²) in [5, 5.41) is 4.28. The molecular weight excluding hydrogens is 272 g/mol. The SMILES string of the molecule is CCOCCCCNCCN(C)Cc1cccc(Cl)c1. The van der Waals surface area contributed by atoms with E-state index in [2.05, 4.69) is 23.3 Å². The van der Waals surface area contributed by atoms with Crippen molar-refractivity contribution >= 4 is 11.6 Å². The predicted molar refractivity (Wildman–Crippen MR) is 86.4 cm³/mol. The van der Waals surface area contributed by atoms with E-state index in [-0.39, 0.29) is 0 Å². The standard InChI is InChI=1S/C16H27ClN2O/c1-3-20-12-5-4-9-18-10-11-19(2)14-15-7-6-8-16(17)13-15/h6-8,13,18H,3-5,9-12,14H2,1-2H3. The van der Waals surface area contributed by atoms with Gasteiger partial charge in [0.15, 0.2) is 0 Å². The van der Waals surface area contributed by atoms with E-state index in [0.29, 0.717) is 0 Å². The Morgan fingerprint density at radius 2 is 2.10 bits per heavy atom. The van der Waals surface area contributed by atoms with Crippen molar-refractivity contribution in [3.8, 4) is 0 Å². The van der Waals surface area contributed by atoms with Crippen molar-refractivity contribution < 1.29 is 4.74 Å². The number of hydrogen-bond acceptors (Lipinski definition) is 3. The molecule has 0 bridgehead atoms. The molecule has 0 atom stereocenters. The summed E-state index contributed by atoms with van der Waals surface area (Å²) in [6.45, 7) is 7.80. The first-order valence-corrected chi connectivity index (χ1v) is 7.81. The molecule has 0 aliphatic rings. The lowest BCUT2D eigenvalue weighted by molar-refractivity contribution is 0.143. The van der Waals surface area contributed by atoms with Crippen LogP contribution < -0.4 is 5.32 Å². The normalized spacial score (nSPS) is 11.2. The highest BCUT2D eigenvalue weighted by Crippen LogP contribution is 2.11. The zero-order valence-corrected chi connectivity index (χ0v) is 13.5. The van der Waals surface area contributed by atoms with E-state index in [9.17, 15) is 0 Å². The van der Waals surface area contributed by atoms with E-state index in [4.69, 9.17) is 16.3 Å². The molecular formula is C16H27ClN2O. The number of benzene rings is 1. The first-order valence-electron chi connectivity index (χ1n) is 7.44. The molecule has 4 heteroatoms. The van der Waals surface area contributed by atoms with Crippen molar-refractivity contribution in [2.75, 3.05) is 39.9 Å². The monoisotopic (exact) mass is 298 g/mol.